The second-order valence-corrected chi connectivity index (χ2v) is 8.27. The predicted octanol–water partition coefficient (Wildman–Crippen LogP) is 6.46. The Kier molecular flexibility index (Phi) is 6.85. The van der Waals surface area contributed by atoms with Crippen LogP contribution in [0.15, 0.2) is 24.3 Å². The van der Waals surface area contributed by atoms with Crippen LogP contribution in [0.1, 0.15) is 77.2 Å². The molecule has 0 atom stereocenters. The highest BCUT2D eigenvalue weighted by Gasteiger charge is 2.29. The van der Waals surface area contributed by atoms with Crippen molar-refractivity contribution in [1.29, 1.82) is 0 Å². The van der Waals surface area contributed by atoms with Crippen molar-refractivity contribution < 1.29 is 4.74 Å². The van der Waals surface area contributed by atoms with E-state index in [4.69, 9.17) is 4.74 Å². The summed E-state index contributed by atoms with van der Waals surface area (Å²) in [6.45, 7) is 5.34. The van der Waals surface area contributed by atoms with E-state index in [0.717, 1.165) is 42.1 Å². The van der Waals surface area contributed by atoms with E-state index in [0.29, 0.717) is 5.92 Å². The average molecular weight is 339 g/mol. The molecule has 136 valence electrons. The van der Waals surface area contributed by atoms with E-state index >= 15 is 0 Å². The van der Waals surface area contributed by atoms with Crippen molar-refractivity contribution in [2.45, 2.75) is 71.6 Å². The summed E-state index contributed by atoms with van der Waals surface area (Å²) in [4.78, 5) is 0. The molecule has 3 rings (SSSR count). The van der Waals surface area contributed by atoms with Crippen LogP contribution in [0.3, 0.4) is 0 Å². The molecule has 0 aliphatic heterocycles. The van der Waals surface area contributed by atoms with Crippen LogP contribution in [0, 0.1) is 35.5 Å². The van der Waals surface area contributed by atoms with Gasteiger partial charge in [0.25, 0.3) is 0 Å². The van der Waals surface area contributed by atoms with Crippen LogP contribution in [0.2, 0.25) is 0 Å². The topological polar surface area (TPSA) is 9.23 Å². The minimum absolute atomic E-state index is 0.606. The Bertz CT molecular complexity index is 560. The molecule has 2 fully saturated rings. The van der Waals surface area contributed by atoms with E-state index in [2.05, 4.69) is 37.8 Å². The molecule has 1 heteroatoms. The highest BCUT2D eigenvalue weighted by atomic mass is 16.5. The van der Waals surface area contributed by atoms with Crippen LogP contribution < -0.4 is 4.74 Å². The molecule has 0 N–H and O–H groups in total. The number of hydrogen-bond acceptors (Lipinski definition) is 1. The average Bonchev–Trinajstić information content (AvgIpc) is 2.67. The summed E-state index contributed by atoms with van der Waals surface area (Å²) >= 11 is 0. The fraction of sp³-hybridized carbons (Fsp3) is 0.667. The Morgan fingerprint density at radius 2 is 1.48 bits per heavy atom. The number of benzene rings is 1. The van der Waals surface area contributed by atoms with Crippen molar-refractivity contribution in [3.63, 3.8) is 0 Å². The fourth-order valence-electron chi connectivity index (χ4n) is 4.53. The third-order valence-electron chi connectivity index (χ3n) is 6.25. The van der Waals surface area contributed by atoms with Crippen LogP contribution in [0.25, 0.3) is 0 Å². The van der Waals surface area contributed by atoms with Crippen molar-refractivity contribution in [1.82, 2.24) is 0 Å². The lowest BCUT2D eigenvalue weighted by Crippen LogP contribution is -2.24. The molecule has 1 aromatic carbocycles. The highest BCUT2D eigenvalue weighted by molar-refractivity contribution is 5.38. The Hall–Kier alpha value is -1.42. The van der Waals surface area contributed by atoms with Crippen LogP contribution >= 0.6 is 0 Å². The Morgan fingerprint density at radius 1 is 0.880 bits per heavy atom. The van der Waals surface area contributed by atoms with Crippen LogP contribution in [0.5, 0.6) is 5.75 Å². The fourth-order valence-corrected chi connectivity index (χ4v) is 4.53. The zero-order valence-electron chi connectivity index (χ0n) is 16.1. The van der Waals surface area contributed by atoms with E-state index in [9.17, 15) is 0 Å². The molecule has 0 unspecified atom stereocenters. The molecule has 0 amide bonds. The second kappa shape index (κ2) is 9.33. The molecule has 0 spiro atoms. The van der Waals surface area contributed by atoms with Gasteiger partial charge < -0.3 is 4.74 Å². The lowest BCUT2D eigenvalue weighted by atomic mass is 9.69. The van der Waals surface area contributed by atoms with Gasteiger partial charge in [0.2, 0.25) is 0 Å². The molecule has 2 saturated carbocycles. The van der Waals surface area contributed by atoms with E-state index in [1.54, 1.807) is 0 Å². The van der Waals surface area contributed by atoms with Gasteiger partial charge >= 0.3 is 0 Å². The summed E-state index contributed by atoms with van der Waals surface area (Å²) < 4.78 is 5.63. The Balaban J connectivity index is 1.45. The zero-order valence-corrected chi connectivity index (χ0v) is 16.1. The standard InChI is InChI=1S/C24H34O/c1-3-18-25-24-16-10-21(11-17-24)7-6-20-8-14-23(15-9-20)22-12-4-19(2)5-13-22/h10-11,16-17,19-20,22-23H,3-5,8-9,12-15,18H2,1-2H3/t19-,20-,22-,23-. The first-order valence-electron chi connectivity index (χ1n) is 10.5. The van der Waals surface area contributed by atoms with E-state index in [-0.39, 0.29) is 0 Å². The molecular weight excluding hydrogens is 304 g/mol. The first kappa shape index (κ1) is 18.4. The zero-order chi connectivity index (χ0) is 17.5. The van der Waals surface area contributed by atoms with Crippen LogP contribution in [-0.4, -0.2) is 6.61 Å². The summed E-state index contributed by atoms with van der Waals surface area (Å²) in [5.41, 5.74) is 1.12. The monoisotopic (exact) mass is 338 g/mol. The third kappa shape index (κ3) is 5.53. The molecule has 1 aromatic rings. The van der Waals surface area contributed by atoms with Crippen molar-refractivity contribution in [2.75, 3.05) is 6.61 Å². The maximum absolute atomic E-state index is 5.63. The first-order chi connectivity index (χ1) is 12.2. The number of rotatable bonds is 4. The van der Waals surface area contributed by atoms with Gasteiger partial charge in [-0.1, -0.05) is 38.5 Å². The molecule has 0 saturated heterocycles. The van der Waals surface area contributed by atoms with Gasteiger partial charge in [0.05, 0.1) is 6.61 Å². The summed E-state index contributed by atoms with van der Waals surface area (Å²) in [5, 5.41) is 0. The molecule has 0 bridgehead atoms. The van der Waals surface area contributed by atoms with Gasteiger partial charge in [-0.25, -0.2) is 0 Å². The summed E-state index contributed by atoms with van der Waals surface area (Å²) in [6, 6.07) is 8.26. The first-order valence-corrected chi connectivity index (χ1v) is 10.5. The van der Waals surface area contributed by atoms with Gasteiger partial charge in [-0.2, -0.15) is 0 Å². The number of ether oxygens (including phenoxy) is 1. The summed E-state index contributed by atoms with van der Waals surface area (Å²) in [6.07, 6.45) is 12.4. The van der Waals surface area contributed by atoms with Gasteiger partial charge in [0, 0.05) is 11.5 Å². The molecule has 1 nitrogen and oxygen atoms in total. The maximum atomic E-state index is 5.63. The van der Waals surface area contributed by atoms with Crippen molar-refractivity contribution >= 4 is 0 Å². The molecule has 0 aromatic heterocycles. The highest BCUT2D eigenvalue weighted by Crippen LogP contribution is 2.41. The summed E-state index contributed by atoms with van der Waals surface area (Å²) in [7, 11) is 0. The second-order valence-electron chi connectivity index (χ2n) is 8.27. The number of hydrogen-bond donors (Lipinski definition) is 0. The molecule has 0 heterocycles. The van der Waals surface area contributed by atoms with Crippen LogP contribution in [0.4, 0.5) is 0 Å². The predicted molar refractivity (Wildman–Crippen MR) is 106 cm³/mol. The van der Waals surface area contributed by atoms with E-state index in [1.807, 2.05) is 12.1 Å². The molecule has 2 aliphatic carbocycles. The van der Waals surface area contributed by atoms with Crippen molar-refractivity contribution in [3.05, 3.63) is 29.8 Å². The summed E-state index contributed by atoms with van der Waals surface area (Å²) in [5.74, 6) is 11.5. The van der Waals surface area contributed by atoms with Crippen LogP contribution in [-0.2, 0) is 0 Å². The smallest absolute Gasteiger partial charge is 0.119 e. The molecule has 2 aliphatic rings. The molecule has 25 heavy (non-hydrogen) atoms. The minimum Gasteiger partial charge on any atom is -0.494 e. The van der Waals surface area contributed by atoms with Gasteiger partial charge in [-0.15, -0.1) is 0 Å². The van der Waals surface area contributed by atoms with Gasteiger partial charge in [0.1, 0.15) is 5.75 Å². The van der Waals surface area contributed by atoms with Gasteiger partial charge in [0.15, 0.2) is 0 Å². The largest absolute Gasteiger partial charge is 0.494 e. The van der Waals surface area contributed by atoms with Gasteiger partial charge in [-0.05, 0) is 87.0 Å². The maximum Gasteiger partial charge on any atom is 0.119 e. The minimum atomic E-state index is 0.606. The lowest BCUT2D eigenvalue weighted by Gasteiger charge is -2.36. The lowest BCUT2D eigenvalue weighted by molar-refractivity contribution is 0.162. The van der Waals surface area contributed by atoms with Gasteiger partial charge in [-0.3, -0.25) is 0 Å². The Morgan fingerprint density at radius 3 is 2.08 bits per heavy atom. The normalized spacial score (nSPS) is 29.5. The van der Waals surface area contributed by atoms with E-state index < -0.39 is 0 Å². The van der Waals surface area contributed by atoms with Crippen molar-refractivity contribution in [3.8, 4) is 17.6 Å². The third-order valence-corrected chi connectivity index (χ3v) is 6.25. The molecular formula is C24H34O. The van der Waals surface area contributed by atoms with E-state index in [1.165, 1.54) is 51.4 Å². The Labute approximate surface area is 154 Å². The SMILES string of the molecule is CCCOc1ccc(C#C[C@H]2CC[C@H]([C@H]3CC[C@H](C)CC3)CC2)cc1. The van der Waals surface area contributed by atoms with Crippen molar-refractivity contribution in [2.24, 2.45) is 23.7 Å². The molecule has 0 radical (unpaired) electrons. The quantitative estimate of drug-likeness (QED) is 0.572.